The van der Waals surface area contributed by atoms with Crippen LogP contribution in [-0.4, -0.2) is 54.0 Å². The quantitative estimate of drug-likeness (QED) is 0.787. The van der Waals surface area contributed by atoms with Crippen molar-refractivity contribution in [2.45, 2.75) is 13.0 Å². The number of benzene rings is 1. The number of rotatable bonds is 2. The number of aromatic nitrogens is 2. The lowest BCUT2D eigenvalue weighted by Gasteiger charge is -2.34. The Hall–Kier alpha value is -2.05. The number of halogens is 2. The third-order valence-electron chi connectivity index (χ3n) is 5.00. The molecule has 1 fully saturated rings. The highest BCUT2D eigenvalue weighted by Gasteiger charge is 2.24. The minimum absolute atomic E-state index is 0.104. The zero-order valence-corrected chi connectivity index (χ0v) is 16.0. The standard InChI is InChI=1S/C18H19Cl2N5O/c1-23-4-5-25(10-18(23)26)17-8-16(21-11-22-17)24-3-2-12-6-13(19)7-15(20)14(12)9-24/h6-8,11H,2-5,9-10H2,1H3. The Morgan fingerprint density at radius 1 is 0.962 bits per heavy atom. The number of carbonyl (C=O) groups is 1. The van der Waals surface area contributed by atoms with Gasteiger partial charge in [0.05, 0.1) is 6.54 Å². The fourth-order valence-corrected chi connectivity index (χ4v) is 4.01. The molecule has 6 nitrogen and oxygen atoms in total. The number of likely N-dealkylation sites (N-methyl/N-ethyl adjacent to an activating group) is 1. The Balaban J connectivity index is 1.57. The number of hydrogen-bond acceptors (Lipinski definition) is 5. The SMILES string of the molecule is CN1CCN(c2cc(N3CCc4cc(Cl)cc(Cl)c4C3)ncn2)CC1=O. The van der Waals surface area contributed by atoms with Crippen molar-refractivity contribution in [3.05, 3.63) is 45.7 Å². The molecule has 2 aliphatic rings. The molecule has 0 spiro atoms. The summed E-state index contributed by atoms with van der Waals surface area (Å²) in [6, 6.07) is 5.72. The van der Waals surface area contributed by atoms with Crippen molar-refractivity contribution in [2.75, 3.05) is 43.0 Å². The third-order valence-corrected chi connectivity index (χ3v) is 5.55. The molecule has 0 radical (unpaired) electrons. The zero-order valence-electron chi connectivity index (χ0n) is 14.5. The van der Waals surface area contributed by atoms with Crippen molar-refractivity contribution in [1.29, 1.82) is 0 Å². The molecule has 2 aromatic rings. The summed E-state index contributed by atoms with van der Waals surface area (Å²) in [6.45, 7) is 3.34. The number of fused-ring (bicyclic) bond motifs is 1. The predicted molar refractivity (Wildman–Crippen MR) is 103 cm³/mol. The first-order valence-corrected chi connectivity index (χ1v) is 9.29. The number of anilines is 2. The first kappa shape index (κ1) is 17.4. The van der Waals surface area contributed by atoms with Gasteiger partial charge >= 0.3 is 0 Å². The zero-order chi connectivity index (χ0) is 18.3. The van der Waals surface area contributed by atoms with Gasteiger partial charge in [-0.2, -0.15) is 0 Å². The van der Waals surface area contributed by atoms with Crippen LogP contribution in [0.15, 0.2) is 24.5 Å². The topological polar surface area (TPSA) is 52.6 Å². The molecule has 26 heavy (non-hydrogen) atoms. The van der Waals surface area contributed by atoms with Gasteiger partial charge in [0.25, 0.3) is 0 Å². The number of nitrogens with zero attached hydrogens (tertiary/aromatic N) is 5. The van der Waals surface area contributed by atoms with Gasteiger partial charge in [-0.25, -0.2) is 9.97 Å². The second-order valence-electron chi connectivity index (χ2n) is 6.67. The minimum atomic E-state index is 0.104. The van der Waals surface area contributed by atoms with Gasteiger partial charge in [0, 0.05) is 49.3 Å². The average Bonchev–Trinajstić information content (AvgIpc) is 2.64. The number of amides is 1. The summed E-state index contributed by atoms with van der Waals surface area (Å²) in [6.07, 6.45) is 2.42. The first-order chi connectivity index (χ1) is 12.5. The van der Waals surface area contributed by atoms with Gasteiger partial charge in [0.1, 0.15) is 18.0 Å². The molecular weight excluding hydrogens is 373 g/mol. The Morgan fingerprint density at radius 3 is 2.42 bits per heavy atom. The lowest BCUT2D eigenvalue weighted by atomic mass is 10.00. The summed E-state index contributed by atoms with van der Waals surface area (Å²) in [7, 11) is 1.83. The second-order valence-corrected chi connectivity index (χ2v) is 7.51. The summed E-state index contributed by atoms with van der Waals surface area (Å²) < 4.78 is 0. The first-order valence-electron chi connectivity index (χ1n) is 8.54. The van der Waals surface area contributed by atoms with Crippen molar-refractivity contribution in [1.82, 2.24) is 14.9 Å². The van der Waals surface area contributed by atoms with Crippen LogP contribution in [-0.2, 0) is 17.8 Å². The number of hydrogen-bond donors (Lipinski definition) is 0. The molecule has 1 aromatic carbocycles. The minimum Gasteiger partial charge on any atom is -0.352 e. The summed E-state index contributed by atoms with van der Waals surface area (Å²) in [5, 5.41) is 1.36. The molecule has 0 atom stereocenters. The molecule has 0 saturated carbocycles. The van der Waals surface area contributed by atoms with E-state index in [1.54, 1.807) is 17.3 Å². The van der Waals surface area contributed by atoms with Crippen LogP contribution in [0.1, 0.15) is 11.1 Å². The van der Waals surface area contributed by atoms with Gasteiger partial charge in [0.2, 0.25) is 5.91 Å². The third kappa shape index (κ3) is 3.31. The molecule has 1 saturated heterocycles. The summed E-state index contributed by atoms with van der Waals surface area (Å²) in [4.78, 5) is 26.7. The van der Waals surface area contributed by atoms with Crippen LogP contribution < -0.4 is 9.80 Å². The molecule has 0 unspecified atom stereocenters. The van der Waals surface area contributed by atoms with Gasteiger partial charge in [0.15, 0.2) is 0 Å². The van der Waals surface area contributed by atoms with Crippen LogP contribution in [0.5, 0.6) is 0 Å². The largest absolute Gasteiger partial charge is 0.352 e. The van der Waals surface area contributed by atoms with Crippen LogP contribution in [0.4, 0.5) is 11.6 Å². The monoisotopic (exact) mass is 391 g/mol. The molecule has 8 heteroatoms. The van der Waals surface area contributed by atoms with Crippen LogP contribution in [0, 0.1) is 0 Å². The summed E-state index contributed by atoms with van der Waals surface area (Å²) in [5.41, 5.74) is 2.29. The maximum atomic E-state index is 12.0. The molecule has 3 heterocycles. The molecule has 0 bridgehead atoms. The van der Waals surface area contributed by atoms with E-state index in [0.29, 0.717) is 29.7 Å². The fraction of sp³-hybridized carbons (Fsp3) is 0.389. The lowest BCUT2D eigenvalue weighted by Crippen LogP contribution is -2.48. The lowest BCUT2D eigenvalue weighted by molar-refractivity contribution is -0.129. The highest BCUT2D eigenvalue weighted by atomic mass is 35.5. The number of piperazine rings is 1. The van der Waals surface area contributed by atoms with Crippen molar-refractivity contribution in [2.24, 2.45) is 0 Å². The van der Waals surface area contributed by atoms with Gasteiger partial charge in [-0.1, -0.05) is 23.2 Å². The van der Waals surface area contributed by atoms with E-state index in [2.05, 4.69) is 14.9 Å². The molecule has 0 N–H and O–H groups in total. The van der Waals surface area contributed by atoms with E-state index in [0.717, 1.165) is 36.7 Å². The van der Waals surface area contributed by atoms with E-state index in [9.17, 15) is 4.79 Å². The second kappa shape index (κ2) is 6.93. The van der Waals surface area contributed by atoms with Gasteiger partial charge in [-0.05, 0) is 29.7 Å². The smallest absolute Gasteiger partial charge is 0.241 e. The molecule has 136 valence electrons. The molecule has 1 aromatic heterocycles. The Labute approximate surface area is 162 Å². The van der Waals surface area contributed by atoms with E-state index in [-0.39, 0.29) is 5.91 Å². The van der Waals surface area contributed by atoms with Gasteiger partial charge in [-0.3, -0.25) is 4.79 Å². The average molecular weight is 392 g/mol. The van der Waals surface area contributed by atoms with E-state index < -0.39 is 0 Å². The van der Waals surface area contributed by atoms with Crippen LogP contribution in [0.2, 0.25) is 10.0 Å². The highest BCUT2D eigenvalue weighted by Crippen LogP contribution is 2.32. The maximum absolute atomic E-state index is 12.0. The van der Waals surface area contributed by atoms with E-state index in [1.165, 1.54) is 5.56 Å². The highest BCUT2D eigenvalue weighted by molar-refractivity contribution is 6.35. The van der Waals surface area contributed by atoms with Gasteiger partial charge in [-0.15, -0.1) is 0 Å². The predicted octanol–water partition coefficient (Wildman–Crippen LogP) is 2.62. The van der Waals surface area contributed by atoms with Crippen molar-refractivity contribution >= 4 is 40.7 Å². The number of carbonyl (C=O) groups excluding carboxylic acids is 1. The normalized spacial score (nSPS) is 17.5. The Morgan fingerprint density at radius 2 is 1.69 bits per heavy atom. The van der Waals surface area contributed by atoms with Crippen LogP contribution >= 0.6 is 23.2 Å². The van der Waals surface area contributed by atoms with E-state index >= 15 is 0 Å². The van der Waals surface area contributed by atoms with Crippen LogP contribution in [0.25, 0.3) is 0 Å². The maximum Gasteiger partial charge on any atom is 0.241 e. The molecule has 1 amide bonds. The van der Waals surface area contributed by atoms with Crippen molar-refractivity contribution in [3.8, 4) is 0 Å². The Kier molecular flexibility index (Phi) is 4.63. The summed E-state index contributed by atoms with van der Waals surface area (Å²) >= 11 is 12.5. The van der Waals surface area contributed by atoms with Crippen LogP contribution in [0.3, 0.4) is 0 Å². The molecular formula is C18H19Cl2N5O. The van der Waals surface area contributed by atoms with Crippen molar-refractivity contribution < 1.29 is 4.79 Å². The molecule has 2 aliphatic heterocycles. The van der Waals surface area contributed by atoms with E-state index in [4.69, 9.17) is 23.2 Å². The Bertz CT molecular complexity index is 859. The molecule has 4 rings (SSSR count). The summed E-state index contributed by atoms with van der Waals surface area (Å²) in [5.74, 6) is 1.73. The van der Waals surface area contributed by atoms with Crippen molar-refractivity contribution in [3.63, 3.8) is 0 Å². The molecule has 0 aliphatic carbocycles. The van der Waals surface area contributed by atoms with Gasteiger partial charge < -0.3 is 14.7 Å². The fourth-order valence-electron chi connectivity index (χ4n) is 3.41. The van der Waals surface area contributed by atoms with E-state index in [1.807, 2.05) is 24.1 Å².